The maximum absolute atomic E-state index is 12.1. The maximum Gasteiger partial charge on any atom is 0.220 e. The van der Waals surface area contributed by atoms with Crippen molar-refractivity contribution >= 4 is 5.91 Å². The molecule has 2 atom stereocenters. The summed E-state index contributed by atoms with van der Waals surface area (Å²) in [6.07, 6.45) is 6.65. The minimum Gasteiger partial charge on any atom is -0.349 e. The van der Waals surface area contributed by atoms with Crippen LogP contribution in [-0.4, -0.2) is 22.2 Å². The van der Waals surface area contributed by atoms with Crippen LogP contribution in [0.15, 0.2) is 6.20 Å². The Hall–Kier alpha value is -1.36. The van der Waals surface area contributed by atoms with Crippen molar-refractivity contribution < 1.29 is 4.79 Å². The van der Waals surface area contributed by atoms with Crippen LogP contribution >= 0.6 is 0 Å². The van der Waals surface area contributed by atoms with Crippen molar-refractivity contribution in [2.75, 3.05) is 6.54 Å². The van der Waals surface area contributed by atoms with E-state index in [4.69, 9.17) is 5.73 Å². The first-order valence-electron chi connectivity index (χ1n) is 7.97. The van der Waals surface area contributed by atoms with Gasteiger partial charge in [0.25, 0.3) is 0 Å². The predicted molar refractivity (Wildman–Crippen MR) is 85.8 cm³/mol. The number of hydrogen-bond acceptors (Lipinski definition) is 3. The number of aromatic nitrogens is 2. The fourth-order valence-electron chi connectivity index (χ4n) is 2.74. The highest BCUT2D eigenvalue weighted by Crippen LogP contribution is 2.19. The van der Waals surface area contributed by atoms with Gasteiger partial charge >= 0.3 is 0 Å². The minimum absolute atomic E-state index is 0.00494. The normalized spacial score (nSPS) is 14.0. The number of aryl methyl sites for hydroxylation is 1. The largest absolute Gasteiger partial charge is 0.349 e. The molecule has 1 heterocycles. The molecule has 0 aliphatic carbocycles. The lowest BCUT2D eigenvalue weighted by Crippen LogP contribution is -2.27. The standard InChI is InChI=1S/C16H30N4O/c1-5-6-14(9-10-17)7-8-16(21)19-12(2)15-11-18-20(4)13(15)3/h11-12,14H,5-10,17H2,1-4H3,(H,19,21). The lowest BCUT2D eigenvalue weighted by molar-refractivity contribution is -0.122. The molecule has 3 N–H and O–H groups in total. The van der Waals surface area contributed by atoms with Crippen molar-refractivity contribution in [3.05, 3.63) is 17.5 Å². The second kappa shape index (κ2) is 8.82. The zero-order valence-electron chi connectivity index (χ0n) is 13.9. The number of hydrogen-bond donors (Lipinski definition) is 2. The molecule has 0 saturated carbocycles. The Balaban J connectivity index is 2.44. The van der Waals surface area contributed by atoms with Gasteiger partial charge in [-0.05, 0) is 39.2 Å². The van der Waals surface area contributed by atoms with E-state index in [9.17, 15) is 4.79 Å². The topological polar surface area (TPSA) is 72.9 Å². The summed E-state index contributed by atoms with van der Waals surface area (Å²) in [6, 6.07) is 0.00494. The van der Waals surface area contributed by atoms with Gasteiger partial charge in [-0.15, -0.1) is 0 Å². The molecule has 0 saturated heterocycles. The molecule has 2 unspecified atom stereocenters. The van der Waals surface area contributed by atoms with Gasteiger partial charge < -0.3 is 11.1 Å². The average Bonchev–Trinajstić information content (AvgIpc) is 2.77. The van der Waals surface area contributed by atoms with E-state index in [1.54, 1.807) is 0 Å². The average molecular weight is 294 g/mol. The molecule has 0 bridgehead atoms. The Morgan fingerprint density at radius 2 is 2.14 bits per heavy atom. The molecule has 0 aliphatic rings. The Labute approximate surface area is 128 Å². The molecule has 0 spiro atoms. The molecule has 5 heteroatoms. The van der Waals surface area contributed by atoms with Crippen molar-refractivity contribution in [1.82, 2.24) is 15.1 Å². The van der Waals surface area contributed by atoms with E-state index >= 15 is 0 Å². The molecule has 1 aromatic heterocycles. The lowest BCUT2D eigenvalue weighted by Gasteiger charge is -2.17. The third kappa shape index (κ3) is 5.50. The number of carbonyl (C=O) groups is 1. The van der Waals surface area contributed by atoms with E-state index < -0.39 is 0 Å². The van der Waals surface area contributed by atoms with Gasteiger partial charge in [-0.3, -0.25) is 9.48 Å². The minimum atomic E-state index is 0.00494. The molecule has 0 aliphatic heterocycles. The fraction of sp³-hybridized carbons (Fsp3) is 0.750. The number of amides is 1. The van der Waals surface area contributed by atoms with Crippen LogP contribution in [0.4, 0.5) is 0 Å². The van der Waals surface area contributed by atoms with Crippen molar-refractivity contribution in [2.24, 2.45) is 18.7 Å². The fourth-order valence-corrected chi connectivity index (χ4v) is 2.74. The van der Waals surface area contributed by atoms with E-state index in [2.05, 4.69) is 17.3 Å². The molecule has 120 valence electrons. The first-order valence-corrected chi connectivity index (χ1v) is 7.97. The predicted octanol–water partition coefficient (Wildman–Crippen LogP) is 2.45. The molecule has 1 amide bonds. The number of nitrogens with one attached hydrogen (secondary N) is 1. The molecule has 21 heavy (non-hydrogen) atoms. The first kappa shape index (κ1) is 17.7. The Morgan fingerprint density at radius 3 is 2.67 bits per heavy atom. The summed E-state index contributed by atoms with van der Waals surface area (Å²) in [6.45, 7) is 6.91. The SMILES string of the molecule is CCCC(CCN)CCC(=O)NC(C)c1cnn(C)c1C. The van der Waals surface area contributed by atoms with Crippen molar-refractivity contribution in [2.45, 2.75) is 58.9 Å². The monoisotopic (exact) mass is 294 g/mol. The highest BCUT2D eigenvalue weighted by molar-refractivity contribution is 5.76. The Kier molecular flexibility index (Phi) is 7.43. The van der Waals surface area contributed by atoms with Gasteiger partial charge in [0.1, 0.15) is 0 Å². The van der Waals surface area contributed by atoms with Crippen LogP contribution in [0.1, 0.15) is 63.3 Å². The maximum atomic E-state index is 12.1. The summed E-state index contributed by atoms with van der Waals surface area (Å²) < 4.78 is 1.83. The van der Waals surface area contributed by atoms with E-state index in [1.807, 2.05) is 31.8 Å². The van der Waals surface area contributed by atoms with Gasteiger partial charge in [0.15, 0.2) is 0 Å². The smallest absolute Gasteiger partial charge is 0.220 e. The van der Waals surface area contributed by atoms with Crippen LogP contribution in [0.5, 0.6) is 0 Å². The molecular formula is C16H30N4O. The van der Waals surface area contributed by atoms with E-state index in [-0.39, 0.29) is 11.9 Å². The highest BCUT2D eigenvalue weighted by atomic mass is 16.1. The summed E-state index contributed by atoms with van der Waals surface area (Å²) >= 11 is 0. The molecule has 1 rings (SSSR count). The van der Waals surface area contributed by atoms with E-state index in [1.165, 1.54) is 0 Å². The van der Waals surface area contributed by atoms with Crippen molar-refractivity contribution in [3.63, 3.8) is 0 Å². The van der Waals surface area contributed by atoms with Gasteiger partial charge in [-0.2, -0.15) is 5.10 Å². The van der Waals surface area contributed by atoms with Crippen LogP contribution in [0, 0.1) is 12.8 Å². The van der Waals surface area contributed by atoms with Gasteiger partial charge in [0.2, 0.25) is 5.91 Å². The second-order valence-electron chi connectivity index (χ2n) is 5.87. The second-order valence-corrected chi connectivity index (χ2v) is 5.87. The van der Waals surface area contributed by atoms with Gasteiger partial charge in [0, 0.05) is 24.7 Å². The highest BCUT2D eigenvalue weighted by Gasteiger charge is 2.15. The third-order valence-electron chi connectivity index (χ3n) is 4.17. The molecule has 0 aromatic carbocycles. The van der Waals surface area contributed by atoms with Gasteiger partial charge in [0.05, 0.1) is 12.2 Å². The molecular weight excluding hydrogens is 264 g/mol. The van der Waals surface area contributed by atoms with Crippen LogP contribution in [0.3, 0.4) is 0 Å². The number of rotatable bonds is 9. The van der Waals surface area contributed by atoms with Crippen LogP contribution in [0.25, 0.3) is 0 Å². The summed E-state index contributed by atoms with van der Waals surface area (Å²) in [4.78, 5) is 12.1. The van der Waals surface area contributed by atoms with E-state index in [0.29, 0.717) is 18.9 Å². The first-order chi connectivity index (χ1) is 9.99. The molecule has 0 fully saturated rings. The third-order valence-corrected chi connectivity index (χ3v) is 4.17. The van der Waals surface area contributed by atoms with Gasteiger partial charge in [-0.25, -0.2) is 0 Å². The number of nitrogens with zero attached hydrogens (tertiary/aromatic N) is 2. The summed E-state index contributed by atoms with van der Waals surface area (Å²) in [5.74, 6) is 0.685. The van der Waals surface area contributed by atoms with Crippen molar-refractivity contribution in [1.29, 1.82) is 0 Å². The van der Waals surface area contributed by atoms with Crippen LogP contribution in [0.2, 0.25) is 0 Å². The molecule has 5 nitrogen and oxygen atoms in total. The Morgan fingerprint density at radius 1 is 1.43 bits per heavy atom. The Bertz CT molecular complexity index is 435. The number of nitrogens with two attached hydrogens (primary N) is 1. The van der Waals surface area contributed by atoms with E-state index in [0.717, 1.165) is 36.9 Å². The molecule has 0 radical (unpaired) electrons. The van der Waals surface area contributed by atoms with Crippen LogP contribution < -0.4 is 11.1 Å². The quantitative estimate of drug-likeness (QED) is 0.734. The zero-order valence-corrected chi connectivity index (χ0v) is 13.9. The van der Waals surface area contributed by atoms with Crippen molar-refractivity contribution in [3.8, 4) is 0 Å². The zero-order chi connectivity index (χ0) is 15.8. The molecule has 1 aromatic rings. The number of carbonyl (C=O) groups excluding carboxylic acids is 1. The van der Waals surface area contributed by atoms with Gasteiger partial charge in [-0.1, -0.05) is 19.8 Å². The summed E-state index contributed by atoms with van der Waals surface area (Å²) in [7, 11) is 1.91. The summed E-state index contributed by atoms with van der Waals surface area (Å²) in [5, 5.41) is 7.29. The summed E-state index contributed by atoms with van der Waals surface area (Å²) in [5.41, 5.74) is 7.81. The lowest BCUT2D eigenvalue weighted by atomic mass is 9.94. The van der Waals surface area contributed by atoms with Crippen LogP contribution in [-0.2, 0) is 11.8 Å².